The van der Waals surface area contributed by atoms with Crippen LogP contribution in [0.2, 0.25) is 0 Å². The Balaban J connectivity index is 1.56. The maximum Gasteiger partial charge on any atom is 0.227 e. The second-order valence-electron chi connectivity index (χ2n) is 7.95. The average Bonchev–Trinajstić information content (AvgIpc) is 3.21. The predicted molar refractivity (Wildman–Crippen MR) is 116 cm³/mol. The normalized spacial score (nSPS) is 18.3. The summed E-state index contributed by atoms with van der Waals surface area (Å²) in [7, 11) is 0. The second kappa shape index (κ2) is 8.49. The minimum atomic E-state index is -0.754. The molecule has 0 spiro atoms. The number of hydrogen-bond donors (Lipinski definition) is 1. The van der Waals surface area contributed by atoms with Gasteiger partial charge in [-0.2, -0.15) is 0 Å². The van der Waals surface area contributed by atoms with Gasteiger partial charge >= 0.3 is 0 Å². The highest BCUT2D eigenvalue weighted by Crippen LogP contribution is 2.37. The Morgan fingerprint density at radius 2 is 1.77 bits per heavy atom. The molecule has 0 radical (unpaired) electrons. The van der Waals surface area contributed by atoms with Gasteiger partial charge in [-0.1, -0.05) is 60.7 Å². The SMILES string of the molecule is NC(=O)C1(Cc2ccccc2-c2ccccc2)CCN(C(=O)Cc2cccnc2)C1. The van der Waals surface area contributed by atoms with E-state index in [-0.39, 0.29) is 18.2 Å². The minimum Gasteiger partial charge on any atom is -0.369 e. The number of pyridine rings is 1. The van der Waals surface area contributed by atoms with E-state index in [1.807, 2.05) is 48.5 Å². The summed E-state index contributed by atoms with van der Waals surface area (Å²) in [5.41, 5.74) is 9.29. The first kappa shape index (κ1) is 19.8. The predicted octanol–water partition coefficient (Wildman–Crippen LogP) is 3.24. The first-order chi connectivity index (χ1) is 14.6. The number of aromatic nitrogens is 1. The van der Waals surface area contributed by atoms with E-state index in [2.05, 4.69) is 23.2 Å². The molecule has 0 bridgehead atoms. The molecule has 1 aromatic heterocycles. The summed E-state index contributed by atoms with van der Waals surface area (Å²) in [6, 6.07) is 21.9. The van der Waals surface area contributed by atoms with E-state index in [1.54, 1.807) is 17.3 Å². The zero-order valence-corrected chi connectivity index (χ0v) is 16.8. The van der Waals surface area contributed by atoms with E-state index in [1.165, 1.54) is 0 Å². The van der Waals surface area contributed by atoms with Gasteiger partial charge in [-0.05, 0) is 41.2 Å². The molecule has 4 rings (SSSR count). The van der Waals surface area contributed by atoms with Gasteiger partial charge in [0.2, 0.25) is 11.8 Å². The molecule has 2 N–H and O–H groups in total. The number of nitrogens with zero attached hydrogens (tertiary/aromatic N) is 2. The van der Waals surface area contributed by atoms with E-state index in [0.29, 0.717) is 25.9 Å². The van der Waals surface area contributed by atoms with Crippen molar-refractivity contribution in [3.8, 4) is 11.1 Å². The molecule has 152 valence electrons. The van der Waals surface area contributed by atoms with Gasteiger partial charge in [0, 0.05) is 25.5 Å². The molecule has 2 heterocycles. The van der Waals surface area contributed by atoms with Crippen LogP contribution in [0.25, 0.3) is 11.1 Å². The van der Waals surface area contributed by atoms with E-state index in [4.69, 9.17) is 5.73 Å². The maximum atomic E-state index is 12.8. The summed E-state index contributed by atoms with van der Waals surface area (Å²) in [4.78, 5) is 31.2. The molecule has 1 unspecified atom stereocenters. The van der Waals surface area contributed by atoms with Gasteiger partial charge in [-0.25, -0.2) is 0 Å². The van der Waals surface area contributed by atoms with Crippen LogP contribution in [-0.4, -0.2) is 34.8 Å². The summed E-state index contributed by atoms with van der Waals surface area (Å²) in [6.07, 6.45) is 4.76. The van der Waals surface area contributed by atoms with Crippen molar-refractivity contribution >= 4 is 11.8 Å². The first-order valence-corrected chi connectivity index (χ1v) is 10.2. The van der Waals surface area contributed by atoms with Crippen LogP contribution in [0.15, 0.2) is 79.1 Å². The Hall–Kier alpha value is -3.47. The molecule has 1 atom stereocenters. The van der Waals surface area contributed by atoms with E-state index >= 15 is 0 Å². The lowest BCUT2D eigenvalue weighted by Crippen LogP contribution is -2.42. The van der Waals surface area contributed by atoms with Crippen molar-refractivity contribution in [3.05, 3.63) is 90.3 Å². The molecule has 1 aliphatic heterocycles. The Bertz CT molecular complexity index is 1040. The number of rotatable bonds is 6. The second-order valence-corrected chi connectivity index (χ2v) is 7.95. The van der Waals surface area contributed by atoms with Crippen LogP contribution in [0.1, 0.15) is 17.5 Å². The fourth-order valence-electron chi connectivity index (χ4n) is 4.25. The highest BCUT2D eigenvalue weighted by atomic mass is 16.2. The van der Waals surface area contributed by atoms with E-state index < -0.39 is 5.41 Å². The highest BCUT2D eigenvalue weighted by molar-refractivity contribution is 5.85. The van der Waals surface area contributed by atoms with Gasteiger partial charge < -0.3 is 10.6 Å². The van der Waals surface area contributed by atoms with Gasteiger partial charge in [0.25, 0.3) is 0 Å². The van der Waals surface area contributed by atoms with Crippen molar-refractivity contribution in [1.29, 1.82) is 0 Å². The fourth-order valence-corrected chi connectivity index (χ4v) is 4.25. The largest absolute Gasteiger partial charge is 0.369 e. The number of nitrogens with two attached hydrogens (primary N) is 1. The van der Waals surface area contributed by atoms with Gasteiger partial charge in [0.1, 0.15) is 0 Å². The molecule has 5 nitrogen and oxygen atoms in total. The van der Waals surface area contributed by atoms with Crippen LogP contribution in [0.5, 0.6) is 0 Å². The van der Waals surface area contributed by atoms with Crippen molar-refractivity contribution in [2.75, 3.05) is 13.1 Å². The molecule has 30 heavy (non-hydrogen) atoms. The average molecular weight is 399 g/mol. The number of hydrogen-bond acceptors (Lipinski definition) is 3. The van der Waals surface area contributed by atoms with E-state index in [0.717, 1.165) is 22.3 Å². The molecular formula is C25H25N3O2. The van der Waals surface area contributed by atoms with Gasteiger partial charge in [0.15, 0.2) is 0 Å². The topological polar surface area (TPSA) is 76.3 Å². The van der Waals surface area contributed by atoms with E-state index in [9.17, 15) is 9.59 Å². The molecule has 2 amide bonds. The molecule has 5 heteroatoms. The monoisotopic (exact) mass is 399 g/mol. The van der Waals surface area contributed by atoms with Crippen LogP contribution < -0.4 is 5.73 Å². The van der Waals surface area contributed by atoms with Crippen LogP contribution in [0.4, 0.5) is 0 Å². The van der Waals surface area contributed by atoms with Gasteiger partial charge in [-0.15, -0.1) is 0 Å². The minimum absolute atomic E-state index is 0.00229. The molecule has 0 saturated carbocycles. The lowest BCUT2D eigenvalue weighted by molar-refractivity contribution is -0.131. The summed E-state index contributed by atoms with van der Waals surface area (Å²) < 4.78 is 0. The first-order valence-electron chi connectivity index (χ1n) is 10.2. The van der Waals surface area contributed by atoms with Crippen molar-refractivity contribution in [2.24, 2.45) is 11.1 Å². The lowest BCUT2D eigenvalue weighted by Gasteiger charge is -2.27. The van der Waals surface area contributed by atoms with Crippen LogP contribution in [0, 0.1) is 5.41 Å². The molecular weight excluding hydrogens is 374 g/mol. The van der Waals surface area contributed by atoms with Gasteiger partial charge in [-0.3, -0.25) is 14.6 Å². The van der Waals surface area contributed by atoms with Crippen molar-refractivity contribution in [1.82, 2.24) is 9.88 Å². The summed E-state index contributed by atoms with van der Waals surface area (Å²) in [6.45, 7) is 0.889. The van der Waals surface area contributed by atoms with Crippen molar-refractivity contribution in [3.63, 3.8) is 0 Å². The van der Waals surface area contributed by atoms with Crippen LogP contribution in [-0.2, 0) is 22.4 Å². The molecule has 1 aliphatic rings. The number of likely N-dealkylation sites (tertiary alicyclic amines) is 1. The number of amides is 2. The molecule has 1 fully saturated rings. The lowest BCUT2D eigenvalue weighted by atomic mass is 9.78. The molecule has 1 saturated heterocycles. The number of carbonyl (C=O) groups is 2. The standard InChI is InChI=1S/C25H25N3O2/c26-24(30)25(12-14-28(18-25)23(29)15-19-7-6-13-27-17-19)16-21-10-4-5-11-22(21)20-8-2-1-3-9-20/h1-11,13,17H,12,14-16,18H2,(H2,26,30). The zero-order valence-electron chi connectivity index (χ0n) is 16.8. The smallest absolute Gasteiger partial charge is 0.227 e. The Kier molecular flexibility index (Phi) is 5.61. The van der Waals surface area contributed by atoms with Crippen molar-refractivity contribution in [2.45, 2.75) is 19.3 Å². The number of carbonyl (C=O) groups excluding carboxylic acids is 2. The summed E-state index contributed by atoms with van der Waals surface area (Å²) in [5.74, 6) is -0.343. The van der Waals surface area contributed by atoms with Crippen LogP contribution >= 0.6 is 0 Å². The third-order valence-electron chi connectivity index (χ3n) is 5.94. The number of benzene rings is 2. The third kappa shape index (κ3) is 4.10. The highest BCUT2D eigenvalue weighted by Gasteiger charge is 2.45. The Morgan fingerprint density at radius 1 is 1.00 bits per heavy atom. The Labute approximate surface area is 176 Å². The fraction of sp³-hybridized carbons (Fsp3) is 0.240. The number of primary amides is 1. The van der Waals surface area contributed by atoms with Crippen LogP contribution in [0.3, 0.4) is 0 Å². The molecule has 2 aromatic carbocycles. The third-order valence-corrected chi connectivity index (χ3v) is 5.94. The quantitative estimate of drug-likeness (QED) is 0.691. The molecule has 0 aliphatic carbocycles. The summed E-state index contributed by atoms with van der Waals surface area (Å²) >= 11 is 0. The van der Waals surface area contributed by atoms with Crippen molar-refractivity contribution < 1.29 is 9.59 Å². The Morgan fingerprint density at radius 3 is 2.50 bits per heavy atom. The molecule has 3 aromatic rings. The van der Waals surface area contributed by atoms with Gasteiger partial charge in [0.05, 0.1) is 11.8 Å². The summed E-state index contributed by atoms with van der Waals surface area (Å²) in [5, 5.41) is 0. The maximum absolute atomic E-state index is 12.8. The zero-order chi connectivity index (χ0) is 21.0.